The fourth-order valence-corrected chi connectivity index (χ4v) is 3.96. The van der Waals surface area contributed by atoms with Crippen molar-refractivity contribution < 1.29 is 4.79 Å². The summed E-state index contributed by atoms with van der Waals surface area (Å²) >= 11 is 0. The van der Waals surface area contributed by atoms with E-state index in [-0.39, 0.29) is 5.91 Å². The van der Waals surface area contributed by atoms with Crippen molar-refractivity contribution in [2.75, 3.05) is 39.8 Å². The van der Waals surface area contributed by atoms with Crippen molar-refractivity contribution in [1.29, 1.82) is 0 Å². The molecule has 0 spiro atoms. The number of pyridine rings is 1. The van der Waals surface area contributed by atoms with Crippen LogP contribution in [0.15, 0.2) is 24.4 Å². The Morgan fingerprint density at radius 3 is 2.44 bits per heavy atom. The van der Waals surface area contributed by atoms with Gasteiger partial charge in [0.1, 0.15) is 0 Å². The fraction of sp³-hybridized carbons (Fsp3) is 0.700. The van der Waals surface area contributed by atoms with E-state index < -0.39 is 0 Å². The Balaban J connectivity index is 1.40. The van der Waals surface area contributed by atoms with Gasteiger partial charge in [0.15, 0.2) is 0 Å². The average Bonchev–Trinajstić information content (AvgIpc) is 2.64. The SMILES string of the molecule is CC1CCC(N(C)C(=O)CN2CCN(Cc3ccccn3)CC2)CC1. The van der Waals surface area contributed by atoms with Crippen LogP contribution in [0.2, 0.25) is 0 Å². The number of amides is 1. The van der Waals surface area contributed by atoms with E-state index >= 15 is 0 Å². The van der Waals surface area contributed by atoms with Gasteiger partial charge in [-0.1, -0.05) is 13.0 Å². The Hall–Kier alpha value is -1.46. The van der Waals surface area contributed by atoms with E-state index in [1.807, 2.05) is 30.3 Å². The van der Waals surface area contributed by atoms with E-state index in [4.69, 9.17) is 0 Å². The van der Waals surface area contributed by atoms with Crippen LogP contribution in [0.1, 0.15) is 38.3 Å². The van der Waals surface area contributed by atoms with Crippen LogP contribution in [0, 0.1) is 5.92 Å². The van der Waals surface area contributed by atoms with E-state index in [0.29, 0.717) is 12.6 Å². The predicted octanol–water partition coefficient (Wildman–Crippen LogP) is 2.24. The summed E-state index contributed by atoms with van der Waals surface area (Å²) < 4.78 is 0. The highest BCUT2D eigenvalue weighted by Gasteiger charge is 2.26. The lowest BCUT2D eigenvalue weighted by molar-refractivity contribution is -0.134. The second-order valence-electron chi connectivity index (χ2n) is 7.79. The Morgan fingerprint density at radius 2 is 1.80 bits per heavy atom. The van der Waals surface area contributed by atoms with Crippen LogP contribution in [0.5, 0.6) is 0 Å². The highest BCUT2D eigenvalue weighted by atomic mass is 16.2. The molecule has 2 aliphatic rings. The van der Waals surface area contributed by atoms with E-state index in [2.05, 4.69) is 27.8 Å². The van der Waals surface area contributed by atoms with Crippen LogP contribution >= 0.6 is 0 Å². The van der Waals surface area contributed by atoms with Gasteiger partial charge < -0.3 is 4.90 Å². The zero-order chi connectivity index (χ0) is 17.6. The first-order valence-electron chi connectivity index (χ1n) is 9.72. The van der Waals surface area contributed by atoms with Crippen molar-refractivity contribution in [3.63, 3.8) is 0 Å². The minimum absolute atomic E-state index is 0.290. The Morgan fingerprint density at radius 1 is 1.12 bits per heavy atom. The number of aromatic nitrogens is 1. The molecule has 3 rings (SSSR count). The summed E-state index contributed by atoms with van der Waals surface area (Å²) in [5, 5.41) is 0. The maximum Gasteiger partial charge on any atom is 0.236 e. The molecule has 5 heteroatoms. The first-order chi connectivity index (χ1) is 12.1. The van der Waals surface area contributed by atoms with Crippen molar-refractivity contribution in [1.82, 2.24) is 19.7 Å². The maximum absolute atomic E-state index is 12.6. The van der Waals surface area contributed by atoms with Crippen LogP contribution in [-0.4, -0.2) is 71.4 Å². The van der Waals surface area contributed by atoms with Crippen LogP contribution in [0.4, 0.5) is 0 Å². The highest BCUT2D eigenvalue weighted by Crippen LogP contribution is 2.26. The molecule has 0 bridgehead atoms. The fourth-order valence-electron chi connectivity index (χ4n) is 3.96. The standard InChI is InChI=1S/C20H32N4O/c1-17-6-8-19(9-7-17)22(2)20(25)16-24-13-11-23(12-14-24)15-18-5-3-4-10-21-18/h3-5,10,17,19H,6-9,11-16H2,1-2H3. The molecule has 1 aliphatic heterocycles. The van der Waals surface area contributed by atoms with Gasteiger partial charge in [-0.25, -0.2) is 0 Å². The van der Waals surface area contributed by atoms with Gasteiger partial charge >= 0.3 is 0 Å². The summed E-state index contributed by atoms with van der Waals surface area (Å²) in [6.45, 7) is 7.75. The predicted molar refractivity (Wildman–Crippen MR) is 100 cm³/mol. The van der Waals surface area contributed by atoms with Crippen molar-refractivity contribution in [3.8, 4) is 0 Å². The number of rotatable bonds is 5. The number of likely N-dealkylation sites (N-methyl/N-ethyl adjacent to an activating group) is 1. The first kappa shape index (κ1) is 18.3. The third-order valence-electron chi connectivity index (χ3n) is 5.86. The third kappa shape index (κ3) is 5.25. The van der Waals surface area contributed by atoms with Gasteiger partial charge in [-0.15, -0.1) is 0 Å². The molecule has 1 aromatic rings. The molecule has 0 aromatic carbocycles. The molecular weight excluding hydrogens is 312 g/mol. The molecule has 0 radical (unpaired) electrons. The topological polar surface area (TPSA) is 39.7 Å². The molecule has 1 amide bonds. The lowest BCUT2D eigenvalue weighted by Crippen LogP contribution is -2.50. The molecule has 2 fully saturated rings. The second kappa shape index (κ2) is 8.77. The van der Waals surface area contributed by atoms with Crippen molar-refractivity contribution in [2.24, 2.45) is 5.92 Å². The number of carbonyl (C=O) groups excluding carboxylic acids is 1. The number of nitrogens with zero attached hydrogens (tertiary/aromatic N) is 4. The van der Waals surface area contributed by atoms with Gasteiger partial charge in [-0.2, -0.15) is 0 Å². The highest BCUT2D eigenvalue weighted by molar-refractivity contribution is 5.78. The Bertz CT molecular complexity index is 534. The molecule has 1 saturated heterocycles. The second-order valence-corrected chi connectivity index (χ2v) is 7.79. The van der Waals surface area contributed by atoms with Crippen molar-refractivity contribution in [2.45, 2.75) is 45.2 Å². The smallest absolute Gasteiger partial charge is 0.236 e. The van der Waals surface area contributed by atoms with E-state index in [1.54, 1.807) is 0 Å². The van der Waals surface area contributed by atoms with Gasteiger partial charge in [-0.05, 0) is 43.7 Å². The summed E-state index contributed by atoms with van der Waals surface area (Å²) in [5.74, 6) is 1.12. The average molecular weight is 345 g/mol. The number of hydrogen-bond donors (Lipinski definition) is 0. The van der Waals surface area contributed by atoms with Gasteiger partial charge in [0.05, 0.1) is 12.2 Å². The maximum atomic E-state index is 12.6. The normalized spacial score (nSPS) is 25.7. The molecule has 1 aromatic heterocycles. The van der Waals surface area contributed by atoms with Crippen molar-refractivity contribution in [3.05, 3.63) is 30.1 Å². The van der Waals surface area contributed by atoms with Crippen LogP contribution in [0.25, 0.3) is 0 Å². The molecule has 25 heavy (non-hydrogen) atoms. The summed E-state index contributed by atoms with van der Waals surface area (Å²) in [6, 6.07) is 6.53. The quantitative estimate of drug-likeness (QED) is 0.821. The Labute approximate surface area is 152 Å². The number of carbonyl (C=O) groups is 1. The largest absolute Gasteiger partial charge is 0.342 e. The zero-order valence-corrected chi connectivity index (χ0v) is 15.7. The molecule has 0 atom stereocenters. The monoisotopic (exact) mass is 344 g/mol. The molecule has 1 saturated carbocycles. The van der Waals surface area contributed by atoms with Gasteiger partial charge in [0.2, 0.25) is 5.91 Å². The van der Waals surface area contributed by atoms with Crippen molar-refractivity contribution >= 4 is 5.91 Å². The summed E-state index contributed by atoms with van der Waals surface area (Å²) in [5.41, 5.74) is 1.12. The van der Waals surface area contributed by atoms with E-state index in [0.717, 1.165) is 44.3 Å². The number of piperazine rings is 1. The molecule has 0 unspecified atom stereocenters. The van der Waals surface area contributed by atoms with E-state index in [1.165, 1.54) is 25.7 Å². The molecule has 5 nitrogen and oxygen atoms in total. The van der Waals surface area contributed by atoms with Crippen LogP contribution < -0.4 is 0 Å². The van der Waals surface area contributed by atoms with Crippen LogP contribution in [0.3, 0.4) is 0 Å². The third-order valence-corrected chi connectivity index (χ3v) is 5.86. The lowest BCUT2D eigenvalue weighted by Gasteiger charge is -2.37. The minimum Gasteiger partial charge on any atom is -0.342 e. The molecule has 1 aliphatic carbocycles. The molecule has 2 heterocycles. The first-order valence-corrected chi connectivity index (χ1v) is 9.72. The van der Waals surface area contributed by atoms with Crippen LogP contribution in [-0.2, 0) is 11.3 Å². The van der Waals surface area contributed by atoms with E-state index in [9.17, 15) is 4.79 Å². The summed E-state index contributed by atoms with van der Waals surface area (Å²) in [7, 11) is 2.00. The Kier molecular flexibility index (Phi) is 6.43. The summed E-state index contributed by atoms with van der Waals surface area (Å²) in [4.78, 5) is 23.8. The van der Waals surface area contributed by atoms with Gasteiger partial charge in [0, 0.05) is 52.0 Å². The van der Waals surface area contributed by atoms with Gasteiger partial charge in [-0.3, -0.25) is 19.6 Å². The zero-order valence-electron chi connectivity index (χ0n) is 15.7. The lowest BCUT2D eigenvalue weighted by atomic mass is 9.87. The summed E-state index contributed by atoms with van der Waals surface area (Å²) in [6.07, 6.45) is 6.71. The molecule has 138 valence electrons. The molecular formula is C20H32N4O. The number of hydrogen-bond acceptors (Lipinski definition) is 4. The minimum atomic E-state index is 0.290. The molecule has 0 N–H and O–H groups in total. The van der Waals surface area contributed by atoms with Gasteiger partial charge in [0.25, 0.3) is 0 Å².